The van der Waals surface area contributed by atoms with Gasteiger partial charge in [-0.1, -0.05) is 17.7 Å². The number of Topliss-reactive ketones (excluding diaryl/α,β-unsaturated/α-hetero) is 1. The summed E-state index contributed by atoms with van der Waals surface area (Å²) in [6, 6.07) is 7.71. The molecule has 2 rings (SSSR count). The minimum atomic E-state index is -0.269. The number of hydrogen-bond donors (Lipinski definition) is 0. The van der Waals surface area contributed by atoms with Gasteiger partial charge >= 0.3 is 0 Å². The van der Waals surface area contributed by atoms with Gasteiger partial charge in [-0.3, -0.25) is 9.48 Å². The molecule has 0 saturated heterocycles. The summed E-state index contributed by atoms with van der Waals surface area (Å²) in [4.78, 5) is 12.6. The fraction of sp³-hybridized carbons (Fsp3) is 0.375. The second kappa shape index (κ2) is 5.00. The molecule has 0 bridgehead atoms. The summed E-state index contributed by atoms with van der Waals surface area (Å²) >= 11 is 0. The monoisotopic (exact) mass is 256 g/mol. The number of nitrogens with zero attached hydrogens (tertiary/aromatic N) is 2. The van der Waals surface area contributed by atoms with Crippen molar-refractivity contribution in [1.29, 1.82) is 0 Å². The summed E-state index contributed by atoms with van der Waals surface area (Å²) in [5, 5.41) is 4.40. The summed E-state index contributed by atoms with van der Waals surface area (Å²) in [6.07, 6.45) is 0. The van der Waals surface area contributed by atoms with Crippen LogP contribution < -0.4 is 0 Å². The zero-order valence-electron chi connectivity index (χ0n) is 12.2. The standard InChI is InChI=1S/C16H20N2O/c1-10-6-7-11(2)15(8-10)16(19)14(5)18-13(4)9-12(3)17-18/h6-9,14H,1-5H3. The summed E-state index contributed by atoms with van der Waals surface area (Å²) < 4.78 is 1.80. The molecule has 0 aliphatic rings. The highest BCUT2D eigenvalue weighted by molar-refractivity contribution is 6.00. The molecule has 1 heterocycles. The predicted molar refractivity (Wildman–Crippen MR) is 76.7 cm³/mol. The van der Waals surface area contributed by atoms with E-state index in [0.717, 1.165) is 28.1 Å². The van der Waals surface area contributed by atoms with Crippen molar-refractivity contribution in [3.8, 4) is 0 Å². The molecule has 2 aromatic rings. The Labute approximate surface area is 114 Å². The lowest BCUT2D eigenvalue weighted by Gasteiger charge is -2.15. The Morgan fingerprint density at radius 2 is 1.84 bits per heavy atom. The fourth-order valence-corrected chi connectivity index (χ4v) is 2.38. The molecule has 19 heavy (non-hydrogen) atoms. The van der Waals surface area contributed by atoms with E-state index in [9.17, 15) is 4.79 Å². The van der Waals surface area contributed by atoms with Crippen molar-refractivity contribution in [1.82, 2.24) is 9.78 Å². The number of ketones is 1. The quantitative estimate of drug-likeness (QED) is 0.787. The van der Waals surface area contributed by atoms with Crippen LogP contribution in [-0.4, -0.2) is 15.6 Å². The minimum Gasteiger partial charge on any atom is -0.292 e. The van der Waals surface area contributed by atoms with Gasteiger partial charge in [-0.15, -0.1) is 0 Å². The highest BCUT2D eigenvalue weighted by atomic mass is 16.1. The highest BCUT2D eigenvalue weighted by Crippen LogP contribution is 2.20. The van der Waals surface area contributed by atoms with Crippen LogP contribution in [0.1, 0.15) is 45.8 Å². The molecule has 1 unspecified atom stereocenters. The first-order valence-electron chi connectivity index (χ1n) is 6.54. The second-order valence-corrected chi connectivity index (χ2v) is 5.23. The lowest BCUT2D eigenvalue weighted by atomic mass is 9.98. The first-order chi connectivity index (χ1) is 8.90. The average Bonchev–Trinajstić information content (AvgIpc) is 2.69. The van der Waals surface area contributed by atoms with Crippen LogP contribution >= 0.6 is 0 Å². The van der Waals surface area contributed by atoms with Gasteiger partial charge in [0.25, 0.3) is 0 Å². The number of aromatic nitrogens is 2. The lowest BCUT2D eigenvalue weighted by Crippen LogP contribution is -2.20. The molecule has 1 aromatic carbocycles. The number of benzene rings is 1. The summed E-state index contributed by atoms with van der Waals surface area (Å²) in [5.74, 6) is 0.118. The molecule has 1 atom stereocenters. The second-order valence-electron chi connectivity index (χ2n) is 5.23. The summed E-state index contributed by atoms with van der Waals surface area (Å²) in [5.41, 5.74) is 4.88. The van der Waals surface area contributed by atoms with Crippen LogP contribution in [0.4, 0.5) is 0 Å². The van der Waals surface area contributed by atoms with E-state index in [1.54, 1.807) is 4.68 Å². The maximum Gasteiger partial charge on any atom is 0.187 e. The van der Waals surface area contributed by atoms with Gasteiger partial charge in [0.05, 0.1) is 5.69 Å². The van der Waals surface area contributed by atoms with E-state index in [4.69, 9.17) is 0 Å². The van der Waals surface area contributed by atoms with Crippen molar-refractivity contribution >= 4 is 5.78 Å². The van der Waals surface area contributed by atoms with Gasteiger partial charge in [-0.2, -0.15) is 5.10 Å². The minimum absolute atomic E-state index is 0.118. The normalized spacial score (nSPS) is 12.5. The first-order valence-corrected chi connectivity index (χ1v) is 6.54. The third-order valence-corrected chi connectivity index (χ3v) is 3.45. The van der Waals surface area contributed by atoms with Gasteiger partial charge in [0.2, 0.25) is 0 Å². The van der Waals surface area contributed by atoms with Crippen molar-refractivity contribution in [2.45, 2.75) is 40.7 Å². The van der Waals surface area contributed by atoms with Crippen molar-refractivity contribution in [3.05, 3.63) is 52.3 Å². The Balaban J connectivity index is 2.39. The van der Waals surface area contributed by atoms with Gasteiger partial charge in [-0.25, -0.2) is 0 Å². The molecule has 1 aromatic heterocycles. The molecule has 3 nitrogen and oxygen atoms in total. The molecule has 0 saturated carbocycles. The molecule has 100 valence electrons. The van der Waals surface area contributed by atoms with E-state index in [2.05, 4.69) is 5.10 Å². The molecule has 0 amide bonds. The zero-order chi connectivity index (χ0) is 14.2. The molecular formula is C16H20N2O. The van der Waals surface area contributed by atoms with Crippen molar-refractivity contribution in [2.24, 2.45) is 0 Å². The Morgan fingerprint density at radius 1 is 1.16 bits per heavy atom. The molecule has 0 N–H and O–H groups in total. The highest BCUT2D eigenvalue weighted by Gasteiger charge is 2.20. The number of carbonyl (C=O) groups excluding carboxylic acids is 1. The number of rotatable bonds is 3. The molecule has 0 spiro atoms. The van der Waals surface area contributed by atoms with Gasteiger partial charge in [-0.05, 0) is 52.3 Å². The van der Waals surface area contributed by atoms with Crippen LogP contribution in [0.3, 0.4) is 0 Å². The molecule has 0 aliphatic heterocycles. The third kappa shape index (κ3) is 2.60. The van der Waals surface area contributed by atoms with Crippen molar-refractivity contribution in [3.63, 3.8) is 0 Å². The van der Waals surface area contributed by atoms with Crippen molar-refractivity contribution in [2.75, 3.05) is 0 Å². The Kier molecular flexibility index (Phi) is 3.56. The van der Waals surface area contributed by atoms with Crippen LogP contribution in [-0.2, 0) is 0 Å². The van der Waals surface area contributed by atoms with Crippen LogP contribution in [0, 0.1) is 27.7 Å². The molecule has 0 fully saturated rings. The maximum atomic E-state index is 12.6. The molecule has 3 heteroatoms. The van der Waals surface area contributed by atoms with E-state index in [-0.39, 0.29) is 11.8 Å². The smallest absolute Gasteiger partial charge is 0.187 e. The van der Waals surface area contributed by atoms with Crippen LogP contribution in [0.2, 0.25) is 0 Å². The molecular weight excluding hydrogens is 236 g/mol. The SMILES string of the molecule is Cc1ccc(C)c(C(=O)C(C)n2nc(C)cc2C)c1. The average molecular weight is 256 g/mol. The first kappa shape index (κ1) is 13.5. The van der Waals surface area contributed by atoms with E-state index < -0.39 is 0 Å². The van der Waals surface area contributed by atoms with Gasteiger partial charge < -0.3 is 0 Å². The van der Waals surface area contributed by atoms with Crippen LogP contribution in [0.15, 0.2) is 24.3 Å². The summed E-state index contributed by atoms with van der Waals surface area (Å²) in [6.45, 7) is 9.81. The van der Waals surface area contributed by atoms with Crippen molar-refractivity contribution < 1.29 is 4.79 Å². The van der Waals surface area contributed by atoms with Crippen LogP contribution in [0.5, 0.6) is 0 Å². The topological polar surface area (TPSA) is 34.9 Å². The Bertz CT molecular complexity index is 626. The van der Waals surface area contributed by atoms with Crippen LogP contribution in [0.25, 0.3) is 0 Å². The third-order valence-electron chi connectivity index (χ3n) is 3.45. The fourth-order valence-electron chi connectivity index (χ4n) is 2.38. The molecule has 0 aliphatic carbocycles. The van der Waals surface area contributed by atoms with Gasteiger partial charge in [0, 0.05) is 11.3 Å². The maximum absolute atomic E-state index is 12.6. The molecule has 0 radical (unpaired) electrons. The summed E-state index contributed by atoms with van der Waals surface area (Å²) in [7, 11) is 0. The zero-order valence-corrected chi connectivity index (χ0v) is 12.2. The van der Waals surface area contributed by atoms with E-state index in [1.807, 2.05) is 58.9 Å². The van der Waals surface area contributed by atoms with Gasteiger partial charge in [0.15, 0.2) is 5.78 Å². The largest absolute Gasteiger partial charge is 0.292 e. The number of aryl methyl sites for hydroxylation is 4. The lowest BCUT2D eigenvalue weighted by molar-refractivity contribution is 0.0926. The Hall–Kier alpha value is -1.90. The van der Waals surface area contributed by atoms with E-state index in [0.29, 0.717) is 0 Å². The number of carbonyl (C=O) groups is 1. The Morgan fingerprint density at radius 3 is 2.42 bits per heavy atom. The van der Waals surface area contributed by atoms with E-state index in [1.165, 1.54) is 0 Å². The predicted octanol–water partition coefficient (Wildman–Crippen LogP) is 3.56. The number of hydrogen-bond acceptors (Lipinski definition) is 2. The van der Waals surface area contributed by atoms with E-state index >= 15 is 0 Å². The van der Waals surface area contributed by atoms with Gasteiger partial charge in [0.1, 0.15) is 6.04 Å².